The van der Waals surface area contributed by atoms with Gasteiger partial charge in [-0.3, -0.25) is 0 Å². The van der Waals surface area contributed by atoms with Crippen molar-refractivity contribution in [2.24, 2.45) is 0 Å². The average Bonchev–Trinajstić information content (AvgIpc) is 1.82. The van der Waals surface area contributed by atoms with Gasteiger partial charge in [-0.25, -0.2) is 0 Å². The SMILES string of the molecule is C=C(C)/C(=C\C)CNC. The van der Waals surface area contributed by atoms with Crippen LogP contribution in [0.4, 0.5) is 0 Å². The molecule has 0 aromatic heterocycles. The molecule has 9 heavy (non-hydrogen) atoms. The quantitative estimate of drug-likeness (QED) is 0.566. The summed E-state index contributed by atoms with van der Waals surface area (Å²) in [5, 5.41) is 3.07. The van der Waals surface area contributed by atoms with Crippen LogP contribution >= 0.6 is 0 Å². The van der Waals surface area contributed by atoms with Crippen molar-refractivity contribution in [3.63, 3.8) is 0 Å². The number of rotatable bonds is 3. The lowest BCUT2D eigenvalue weighted by Crippen LogP contribution is -2.10. The number of hydrogen-bond donors (Lipinski definition) is 1. The van der Waals surface area contributed by atoms with Crippen LogP contribution in [0.2, 0.25) is 0 Å². The van der Waals surface area contributed by atoms with Crippen molar-refractivity contribution < 1.29 is 0 Å². The topological polar surface area (TPSA) is 12.0 Å². The lowest BCUT2D eigenvalue weighted by Gasteiger charge is -2.03. The average molecular weight is 125 g/mol. The maximum Gasteiger partial charge on any atom is 0.0201 e. The fourth-order valence-corrected chi connectivity index (χ4v) is 0.690. The van der Waals surface area contributed by atoms with E-state index < -0.39 is 0 Å². The van der Waals surface area contributed by atoms with E-state index >= 15 is 0 Å². The van der Waals surface area contributed by atoms with E-state index in [0.29, 0.717) is 0 Å². The van der Waals surface area contributed by atoms with Gasteiger partial charge in [-0.2, -0.15) is 0 Å². The van der Waals surface area contributed by atoms with Crippen LogP contribution in [-0.2, 0) is 0 Å². The Morgan fingerprint density at radius 2 is 2.22 bits per heavy atom. The Hall–Kier alpha value is -0.560. The van der Waals surface area contributed by atoms with E-state index in [9.17, 15) is 0 Å². The molecule has 1 nitrogen and oxygen atoms in total. The minimum atomic E-state index is 0.922. The van der Waals surface area contributed by atoms with E-state index in [1.165, 1.54) is 5.57 Å². The lowest BCUT2D eigenvalue weighted by molar-refractivity contribution is 0.884. The zero-order valence-electron chi connectivity index (χ0n) is 6.49. The van der Waals surface area contributed by atoms with Gasteiger partial charge in [-0.05, 0) is 26.5 Å². The molecule has 0 atom stereocenters. The Morgan fingerprint density at radius 1 is 1.67 bits per heavy atom. The Bertz CT molecular complexity index is 123. The first-order valence-corrected chi connectivity index (χ1v) is 3.18. The minimum absolute atomic E-state index is 0.922. The Morgan fingerprint density at radius 3 is 2.33 bits per heavy atom. The van der Waals surface area contributed by atoms with Gasteiger partial charge in [0, 0.05) is 6.54 Å². The smallest absolute Gasteiger partial charge is 0.0201 e. The molecule has 0 aliphatic heterocycles. The van der Waals surface area contributed by atoms with Crippen LogP contribution in [-0.4, -0.2) is 13.6 Å². The molecular weight excluding hydrogens is 110 g/mol. The Kier molecular flexibility index (Phi) is 4.06. The highest BCUT2D eigenvalue weighted by molar-refractivity contribution is 5.26. The summed E-state index contributed by atoms with van der Waals surface area (Å²) >= 11 is 0. The number of nitrogens with one attached hydrogen (secondary N) is 1. The van der Waals surface area contributed by atoms with Crippen LogP contribution < -0.4 is 5.32 Å². The van der Waals surface area contributed by atoms with Gasteiger partial charge in [0.2, 0.25) is 0 Å². The molecule has 0 unspecified atom stereocenters. The molecule has 0 aromatic rings. The van der Waals surface area contributed by atoms with Crippen molar-refractivity contribution in [2.75, 3.05) is 13.6 Å². The molecule has 0 rings (SSSR count). The molecule has 0 aliphatic rings. The van der Waals surface area contributed by atoms with Gasteiger partial charge in [0.15, 0.2) is 0 Å². The van der Waals surface area contributed by atoms with Gasteiger partial charge < -0.3 is 5.32 Å². The standard InChI is InChI=1S/C8H15N/c1-5-8(6-9-4)7(2)3/h5,9H,2,6H2,1,3-4H3/b8-5-. The summed E-state index contributed by atoms with van der Waals surface area (Å²) in [5.41, 5.74) is 2.43. The summed E-state index contributed by atoms with van der Waals surface area (Å²) in [5.74, 6) is 0. The molecule has 0 aromatic carbocycles. The molecule has 0 aliphatic carbocycles. The maximum atomic E-state index is 3.84. The molecule has 1 N–H and O–H groups in total. The third-order valence-corrected chi connectivity index (χ3v) is 1.26. The maximum absolute atomic E-state index is 3.84. The van der Waals surface area contributed by atoms with Crippen LogP contribution in [0.15, 0.2) is 23.8 Å². The van der Waals surface area contributed by atoms with Gasteiger partial charge in [0.05, 0.1) is 0 Å². The fourth-order valence-electron chi connectivity index (χ4n) is 0.690. The predicted molar refractivity (Wildman–Crippen MR) is 42.5 cm³/mol. The first-order valence-electron chi connectivity index (χ1n) is 3.18. The molecule has 52 valence electrons. The lowest BCUT2D eigenvalue weighted by atomic mass is 10.1. The number of hydrogen-bond acceptors (Lipinski definition) is 1. The first-order chi connectivity index (χ1) is 4.22. The Balaban J connectivity index is 3.85. The van der Waals surface area contributed by atoms with Crippen molar-refractivity contribution in [1.82, 2.24) is 5.32 Å². The zero-order chi connectivity index (χ0) is 7.28. The van der Waals surface area contributed by atoms with Crippen molar-refractivity contribution in [2.45, 2.75) is 13.8 Å². The number of allylic oxidation sites excluding steroid dienone is 1. The predicted octanol–water partition coefficient (Wildman–Crippen LogP) is 1.73. The highest BCUT2D eigenvalue weighted by Crippen LogP contribution is 2.03. The second-order valence-electron chi connectivity index (χ2n) is 2.12. The molecule has 0 radical (unpaired) electrons. The summed E-state index contributed by atoms with van der Waals surface area (Å²) in [6, 6.07) is 0. The minimum Gasteiger partial charge on any atom is -0.316 e. The van der Waals surface area contributed by atoms with Crippen LogP contribution in [0.5, 0.6) is 0 Å². The van der Waals surface area contributed by atoms with E-state index in [-0.39, 0.29) is 0 Å². The zero-order valence-corrected chi connectivity index (χ0v) is 6.49. The van der Waals surface area contributed by atoms with Gasteiger partial charge in [0.25, 0.3) is 0 Å². The van der Waals surface area contributed by atoms with E-state index in [0.717, 1.165) is 12.1 Å². The summed E-state index contributed by atoms with van der Waals surface area (Å²) in [6.45, 7) is 8.81. The molecule has 0 spiro atoms. The molecule has 0 saturated carbocycles. The van der Waals surface area contributed by atoms with Gasteiger partial charge in [-0.15, -0.1) is 0 Å². The largest absolute Gasteiger partial charge is 0.316 e. The van der Waals surface area contributed by atoms with Crippen LogP contribution in [0.25, 0.3) is 0 Å². The van der Waals surface area contributed by atoms with E-state index in [1.807, 2.05) is 20.9 Å². The molecule has 0 fully saturated rings. The third-order valence-electron chi connectivity index (χ3n) is 1.26. The second kappa shape index (κ2) is 4.33. The fraction of sp³-hybridized carbons (Fsp3) is 0.500. The monoisotopic (exact) mass is 125 g/mol. The van der Waals surface area contributed by atoms with Gasteiger partial charge in [-0.1, -0.05) is 18.2 Å². The van der Waals surface area contributed by atoms with Crippen molar-refractivity contribution >= 4 is 0 Å². The third kappa shape index (κ3) is 3.09. The van der Waals surface area contributed by atoms with E-state index in [4.69, 9.17) is 0 Å². The number of likely N-dealkylation sites (N-methyl/N-ethyl adjacent to an activating group) is 1. The van der Waals surface area contributed by atoms with Crippen molar-refractivity contribution in [3.05, 3.63) is 23.8 Å². The molecule has 0 saturated heterocycles. The van der Waals surface area contributed by atoms with E-state index in [1.54, 1.807) is 0 Å². The molecule has 0 heterocycles. The second-order valence-corrected chi connectivity index (χ2v) is 2.12. The molecule has 1 heteroatoms. The first kappa shape index (κ1) is 8.44. The van der Waals surface area contributed by atoms with Crippen LogP contribution in [0.1, 0.15) is 13.8 Å². The van der Waals surface area contributed by atoms with Crippen molar-refractivity contribution in [1.29, 1.82) is 0 Å². The molecular formula is C8H15N. The van der Waals surface area contributed by atoms with E-state index in [2.05, 4.69) is 18.0 Å². The molecule has 0 amide bonds. The molecule has 0 bridgehead atoms. The summed E-state index contributed by atoms with van der Waals surface area (Å²) in [6.07, 6.45) is 2.08. The highest BCUT2D eigenvalue weighted by atomic mass is 14.8. The van der Waals surface area contributed by atoms with Crippen molar-refractivity contribution in [3.8, 4) is 0 Å². The summed E-state index contributed by atoms with van der Waals surface area (Å²) in [7, 11) is 1.94. The van der Waals surface area contributed by atoms with Gasteiger partial charge in [0.1, 0.15) is 0 Å². The Labute approximate surface area is 57.5 Å². The summed E-state index contributed by atoms with van der Waals surface area (Å²) in [4.78, 5) is 0. The summed E-state index contributed by atoms with van der Waals surface area (Å²) < 4.78 is 0. The normalized spacial score (nSPS) is 11.7. The van der Waals surface area contributed by atoms with Gasteiger partial charge >= 0.3 is 0 Å². The van der Waals surface area contributed by atoms with Crippen LogP contribution in [0, 0.1) is 0 Å². The highest BCUT2D eigenvalue weighted by Gasteiger charge is 1.91. The van der Waals surface area contributed by atoms with Crippen LogP contribution in [0.3, 0.4) is 0 Å².